The van der Waals surface area contributed by atoms with Gasteiger partial charge in [0.2, 0.25) is 5.78 Å². The third kappa shape index (κ3) is 4.14. The van der Waals surface area contributed by atoms with Crippen molar-refractivity contribution in [3.05, 3.63) is 107 Å². The van der Waals surface area contributed by atoms with Crippen molar-refractivity contribution in [2.24, 2.45) is 0 Å². The van der Waals surface area contributed by atoms with Crippen molar-refractivity contribution in [1.29, 1.82) is 0 Å². The number of hydrogen-bond donors (Lipinski definition) is 0. The molecule has 4 nitrogen and oxygen atoms in total. The number of carbonyl (C=O) groups excluding carboxylic acids is 1. The Bertz CT molecular complexity index is 1250. The minimum Gasteiger partial charge on any atom is -0.287 e. The van der Waals surface area contributed by atoms with Crippen molar-refractivity contribution in [3.63, 3.8) is 0 Å². The molecular weight excluding hydrogens is 429 g/mol. The first-order valence-electron chi connectivity index (χ1n) is 9.39. The summed E-state index contributed by atoms with van der Waals surface area (Å²) in [5, 5.41) is 6.76. The summed E-state index contributed by atoms with van der Waals surface area (Å²) in [6.07, 6.45) is -5.03. The number of carbonyl (C=O) groups is 1. The van der Waals surface area contributed by atoms with Crippen LogP contribution >= 0.6 is 0 Å². The van der Waals surface area contributed by atoms with E-state index in [1.54, 1.807) is 12.1 Å². The van der Waals surface area contributed by atoms with Gasteiger partial charge in [-0.25, -0.2) is 13.5 Å². The van der Waals surface area contributed by atoms with E-state index in [1.165, 1.54) is 12.1 Å². The van der Waals surface area contributed by atoms with Crippen molar-refractivity contribution in [1.82, 2.24) is 15.0 Å². The van der Waals surface area contributed by atoms with Gasteiger partial charge in [-0.05, 0) is 23.3 Å². The standard InChI is InChI=1S/C23H14F5N3O/c24-18-7-4-8-19(25)17(18)13-31-22(23(26,27)28)20(29-30-31)21(32)16-11-9-15(10-12-16)14-5-2-1-3-6-14/h1-12H,13H2. The number of alkyl halides is 3. The van der Waals surface area contributed by atoms with Gasteiger partial charge in [0, 0.05) is 11.1 Å². The summed E-state index contributed by atoms with van der Waals surface area (Å²) in [6, 6.07) is 18.1. The van der Waals surface area contributed by atoms with E-state index in [2.05, 4.69) is 10.3 Å². The van der Waals surface area contributed by atoms with Crippen molar-refractivity contribution in [2.45, 2.75) is 12.7 Å². The number of ketones is 1. The van der Waals surface area contributed by atoms with Gasteiger partial charge in [-0.15, -0.1) is 5.10 Å². The molecule has 3 aromatic carbocycles. The molecule has 0 bridgehead atoms. The van der Waals surface area contributed by atoms with E-state index in [1.807, 2.05) is 30.3 Å². The quantitative estimate of drug-likeness (QED) is 0.301. The number of benzene rings is 3. The number of nitrogens with zero attached hydrogens (tertiary/aromatic N) is 3. The van der Waals surface area contributed by atoms with Crippen LogP contribution in [0.4, 0.5) is 22.0 Å². The van der Waals surface area contributed by atoms with E-state index in [0.717, 1.165) is 29.3 Å². The van der Waals surface area contributed by atoms with Crippen molar-refractivity contribution in [2.75, 3.05) is 0 Å². The summed E-state index contributed by atoms with van der Waals surface area (Å²) >= 11 is 0. The molecule has 0 radical (unpaired) electrons. The molecule has 0 atom stereocenters. The highest BCUT2D eigenvalue weighted by atomic mass is 19.4. The van der Waals surface area contributed by atoms with E-state index >= 15 is 0 Å². The highest BCUT2D eigenvalue weighted by Gasteiger charge is 2.41. The lowest BCUT2D eigenvalue weighted by atomic mass is 10.0. The van der Waals surface area contributed by atoms with E-state index in [-0.39, 0.29) is 10.2 Å². The second-order valence-electron chi connectivity index (χ2n) is 6.91. The minimum atomic E-state index is -5.03. The maximum Gasteiger partial charge on any atom is 0.435 e. The van der Waals surface area contributed by atoms with Gasteiger partial charge in [0.05, 0.1) is 6.54 Å². The largest absolute Gasteiger partial charge is 0.435 e. The van der Waals surface area contributed by atoms with Crippen LogP contribution in [0.15, 0.2) is 72.8 Å². The van der Waals surface area contributed by atoms with E-state index < -0.39 is 47.1 Å². The molecule has 4 aromatic rings. The fourth-order valence-electron chi connectivity index (χ4n) is 3.27. The molecular formula is C23H14F5N3O. The Labute approximate surface area is 178 Å². The maximum atomic E-state index is 13.9. The fourth-order valence-corrected chi connectivity index (χ4v) is 3.27. The monoisotopic (exact) mass is 443 g/mol. The Morgan fingerprint density at radius 1 is 0.812 bits per heavy atom. The Balaban J connectivity index is 1.70. The first-order valence-corrected chi connectivity index (χ1v) is 9.39. The van der Waals surface area contributed by atoms with Crippen LogP contribution in [0.5, 0.6) is 0 Å². The maximum absolute atomic E-state index is 13.9. The molecule has 0 spiro atoms. The average molecular weight is 443 g/mol. The van der Waals surface area contributed by atoms with Gasteiger partial charge in [0.25, 0.3) is 0 Å². The zero-order valence-corrected chi connectivity index (χ0v) is 16.3. The fraction of sp³-hybridized carbons (Fsp3) is 0.0870. The van der Waals surface area contributed by atoms with Gasteiger partial charge in [-0.3, -0.25) is 4.79 Å². The second-order valence-corrected chi connectivity index (χ2v) is 6.91. The Hall–Kier alpha value is -3.88. The molecule has 0 unspecified atom stereocenters. The highest BCUT2D eigenvalue weighted by Crippen LogP contribution is 2.33. The van der Waals surface area contributed by atoms with Gasteiger partial charge < -0.3 is 0 Å². The second kappa shape index (κ2) is 8.33. The van der Waals surface area contributed by atoms with Gasteiger partial charge in [0.1, 0.15) is 11.6 Å². The first-order chi connectivity index (χ1) is 15.3. The van der Waals surface area contributed by atoms with Crippen molar-refractivity contribution < 1.29 is 26.7 Å². The third-order valence-electron chi connectivity index (χ3n) is 4.84. The summed E-state index contributed by atoms with van der Waals surface area (Å²) in [5.74, 6) is -3.06. The molecule has 0 aliphatic rings. The van der Waals surface area contributed by atoms with E-state index in [0.29, 0.717) is 0 Å². The lowest BCUT2D eigenvalue weighted by molar-refractivity contribution is -0.144. The summed E-state index contributed by atoms with van der Waals surface area (Å²) < 4.78 is 69.4. The normalized spacial score (nSPS) is 11.5. The minimum absolute atomic E-state index is 0.0284. The van der Waals surface area contributed by atoms with Crippen LogP contribution < -0.4 is 0 Å². The van der Waals surface area contributed by atoms with Crippen molar-refractivity contribution >= 4 is 5.78 Å². The summed E-state index contributed by atoms with van der Waals surface area (Å²) in [5.41, 5.74) is -1.41. The molecule has 0 fully saturated rings. The van der Waals surface area contributed by atoms with Crippen LogP contribution in [0, 0.1) is 11.6 Å². The molecule has 9 heteroatoms. The van der Waals surface area contributed by atoms with Gasteiger partial charge >= 0.3 is 6.18 Å². The average Bonchev–Trinajstić information content (AvgIpc) is 3.21. The topological polar surface area (TPSA) is 47.8 Å². The Kier molecular flexibility index (Phi) is 5.56. The molecule has 162 valence electrons. The van der Waals surface area contributed by atoms with Crippen LogP contribution in [0.3, 0.4) is 0 Å². The van der Waals surface area contributed by atoms with Crippen LogP contribution in [0.2, 0.25) is 0 Å². The zero-order valence-electron chi connectivity index (χ0n) is 16.3. The molecule has 0 aliphatic carbocycles. The molecule has 0 saturated carbocycles. The molecule has 1 heterocycles. The van der Waals surface area contributed by atoms with Crippen LogP contribution in [0.1, 0.15) is 27.3 Å². The van der Waals surface area contributed by atoms with Gasteiger partial charge in [-0.1, -0.05) is 65.9 Å². The zero-order chi connectivity index (χ0) is 22.9. The number of halogens is 5. The molecule has 0 saturated heterocycles. The molecule has 4 rings (SSSR count). The summed E-state index contributed by atoms with van der Waals surface area (Å²) in [6.45, 7) is -0.874. The van der Waals surface area contributed by atoms with Crippen LogP contribution in [-0.4, -0.2) is 20.8 Å². The third-order valence-corrected chi connectivity index (χ3v) is 4.84. The predicted octanol–water partition coefficient (Wildman–Crippen LogP) is 5.52. The van der Waals surface area contributed by atoms with Crippen molar-refractivity contribution in [3.8, 4) is 11.1 Å². The van der Waals surface area contributed by atoms with Crippen LogP contribution in [0.25, 0.3) is 11.1 Å². The molecule has 1 aromatic heterocycles. The summed E-state index contributed by atoms with van der Waals surface area (Å²) in [7, 11) is 0. The first kappa shape index (κ1) is 21.4. The smallest absolute Gasteiger partial charge is 0.287 e. The SMILES string of the molecule is O=C(c1ccc(-c2ccccc2)cc1)c1nnn(Cc2c(F)cccc2F)c1C(F)(F)F. The van der Waals surface area contributed by atoms with Gasteiger partial charge in [-0.2, -0.15) is 13.2 Å². The lowest BCUT2D eigenvalue weighted by Gasteiger charge is -2.12. The van der Waals surface area contributed by atoms with Gasteiger partial charge in [0.15, 0.2) is 11.4 Å². The number of hydrogen-bond acceptors (Lipinski definition) is 3. The highest BCUT2D eigenvalue weighted by molar-refractivity contribution is 6.08. The van der Waals surface area contributed by atoms with E-state index in [4.69, 9.17) is 0 Å². The predicted molar refractivity (Wildman–Crippen MR) is 106 cm³/mol. The number of aromatic nitrogens is 3. The lowest BCUT2D eigenvalue weighted by Crippen LogP contribution is -2.20. The molecule has 0 amide bonds. The van der Waals surface area contributed by atoms with Crippen LogP contribution in [-0.2, 0) is 12.7 Å². The Morgan fingerprint density at radius 2 is 1.41 bits per heavy atom. The summed E-state index contributed by atoms with van der Waals surface area (Å²) in [4.78, 5) is 12.8. The molecule has 0 N–H and O–H groups in total. The number of rotatable bonds is 5. The molecule has 32 heavy (non-hydrogen) atoms. The molecule has 0 aliphatic heterocycles. The Morgan fingerprint density at radius 3 is 2.00 bits per heavy atom. The van der Waals surface area contributed by atoms with E-state index in [9.17, 15) is 26.7 Å².